The van der Waals surface area contributed by atoms with E-state index >= 15 is 0 Å². The fourth-order valence-corrected chi connectivity index (χ4v) is 1.79. The van der Waals surface area contributed by atoms with E-state index in [4.69, 9.17) is 16.9 Å². The molecule has 0 saturated heterocycles. The number of hydrogen-bond acceptors (Lipinski definition) is 3. The molecular formula is C13H7ClN2O. The number of pyridine rings is 1. The van der Waals surface area contributed by atoms with Crippen LogP contribution in [0.25, 0.3) is 11.1 Å². The molecule has 0 unspecified atom stereocenters. The highest BCUT2D eigenvalue weighted by molar-refractivity contribution is 6.33. The lowest BCUT2D eigenvalue weighted by molar-refractivity contribution is 0.112. The van der Waals surface area contributed by atoms with Crippen LogP contribution in [-0.4, -0.2) is 11.3 Å². The van der Waals surface area contributed by atoms with Crippen molar-refractivity contribution in [3.8, 4) is 17.2 Å². The van der Waals surface area contributed by atoms with Crippen molar-refractivity contribution >= 4 is 17.9 Å². The van der Waals surface area contributed by atoms with Gasteiger partial charge in [0.15, 0.2) is 0 Å². The predicted octanol–water partition coefficient (Wildman–Crippen LogP) is 3.09. The standard InChI is InChI=1S/C13H7ClN2O/c14-13-4-9(8-17)1-2-12(13)11-3-10(5-15)6-16-7-11/h1-4,6-8H. The summed E-state index contributed by atoms with van der Waals surface area (Å²) >= 11 is 6.07. The molecule has 0 fully saturated rings. The van der Waals surface area contributed by atoms with Gasteiger partial charge in [-0.2, -0.15) is 5.26 Å². The summed E-state index contributed by atoms with van der Waals surface area (Å²) in [6.45, 7) is 0. The quantitative estimate of drug-likeness (QED) is 0.761. The Morgan fingerprint density at radius 2 is 2.12 bits per heavy atom. The van der Waals surface area contributed by atoms with E-state index in [1.807, 2.05) is 6.07 Å². The van der Waals surface area contributed by atoms with Gasteiger partial charge in [-0.25, -0.2) is 0 Å². The molecule has 0 spiro atoms. The second-order valence-electron chi connectivity index (χ2n) is 3.43. The van der Waals surface area contributed by atoms with Crippen LogP contribution in [0.1, 0.15) is 15.9 Å². The Bertz CT molecular complexity index is 617. The third-order valence-corrected chi connectivity index (χ3v) is 2.62. The SMILES string of the molecule is N#Cc1cncc(-c2ccc(C=O)cc2Cl)c1. The van der Waals surface area contributed by atoms with Gasteiger partial charge in [0, 0.05) is 34.1 Å². The minimum absolute atomic E-state index is 0.464. The average molecular weight is 243 g/mol. The molecule has 0 aliphatic heterocycles. The third kappa shape index (κ3) is 2.32. The van der Waals surface area contributed by atoms with E-state index in [2.05, 4.69) is 4.98 Å². The molecule has 0 saturated carbocycles. The van der Waals surface area contributed by atoms with E-state index in [-0.39, 0.29) is 0 Å². The zero-order valence-electron chi connectivity index (χ0n) is 8.72. The summed E-state index contributed by atoms with van der Waals surface area (Å²) in [6.07, 6.45) is 3.85. The molecular weight excluding hydrogens is 236 g/mol. The molecule has 2 aromatic rings. The molecule has 82 valence electrons. The number of halogens is 1. The number of carbonyl (C=O) groups excluding carboxylic acids is 1. The number of nitriles is 1. The van der Waals surface area contributed by atoms with Crippen molar-refractivity contribution < 1.29 is 4.79 Å². The van der Waals surface area contributed by atoms with Gasteiger partial charge in [0.05, 0.1) is 5.56 Å². The Morgan fingerprint density at radius 1 is 1.29 bits per heavy atom. The van der Waals surface area contributed by atoms with Gasteiger partial charge in [0.1, 0.15) is 12.4 Å². The van der Waals surface area contributed by atoms with Crippen LogP contribution >= 0.6 is 11.6 Å². The monoisotopic (exact) mass is 242 g/mol. The number of nitrogens with zero attached hydrogens (tertiary/aromatic N) is 2. The molecule has 17 heavy (non-hydrogen) atoms. The Kier molecular flexibility index (Phi) is 3.17. The van der Waals surface area contributed by atoms with Crippen LogP contribution < -0.4 is 0 Å². The van der Waals surface area contributed by atoms with E-state index in [1.54, 1.807) is 30.5 Å². The van der Waals surface area contributed by atoms with E-state index in [9.17, 15) is 4.79 Å². The molecule has 4 heteroatoms. The molecule has 0 N–H and O–H groups in total. The van der Waals surface area contributed by atoms with Crippen molar-refractivity contribution in [3.05, 3.63) is 52.8 Å². The van der Waals surface area contributed by atoms with E-state index in [0.717, 1.165) is 17.4 Å². The molecule has 0 amide bonds. The molecule has 0 atom stereocenters. The average Bonchev–Trinajstić information content (AvgIpc) is 2.38. The molecule has 1 heterocycles. The van der Waals surface area contributed by atoms with Gasteiger partial charge in [-0.15, -0.1) is 0 Å². The van der Waals surface area contributed by atoms with Gasteiger partial charge in [0.2, 0.25) is 0 Å². The van der Waals surface area contributed by atoms with Crippen LogP contribution in [0.3, 0.4) is 0 Å². The van der Waals surface area contributed by atoms with Crippen molar-refractivity contribution in [1.82, 2.24) is 4.98 Å². The molecule has 0 bridgehead atoms. The van der Waals surface area contributed by atoms with Crippen molar-refractivity contribution in [2.75, 3.05) is 0 Å². The van der Waals surface area contributed by atoms with Gasteiger partial charge in [-0.3, -0.25) is 9.78 Å². The Labute approximate surface area is 103 Å². The van der Waals surface area contributed by atoms with Gasteiger partial charge < -0.3 is 0 Å². The largest absolute Gasteiger partial charge is 0.298 e. The second kappa shape index (κ2) is 4.77. The van der Waals surface area contributed by atoms with Crippen LogP contribution in [0.15, 0.2) is 36.7 Å². The highest BCUT2D eigenvalue weighted by Crippen LogP contribution is 2.28. The minimum atomic E-state index is 0.464. The molecule has 3 nitrogen and oxygen atoms in total. The smallest absolute Gasteiger partial charge is 0.150 e. The topological polar surface area (TPSA) is 53.8 Å². The van der Waals surface area contributed by atoms with Gasteiger partial charge in [-0.05, 0) is 12.1 Å². The van der Waals surface area contributed by atoms with Crippen molar-refractivity contribution in [2.45, 2.75) is 0 Å². The minimum Gasteiger partial charge on any atom is -0.298 e. The fraction of sp³-hybridized carbons (Fsp3) is 0. The lowest BCUT2D eigenvalue weighted by atomic mass is 10.0. The Morgan fingerprint density at radius 3 is 2.76 bits per heavy atom. The summed E-state index contributed by atoms with van der Waals surface area (Å²) in [6, 6.07) is 8.72. The summed E-state index contributed by atoms with van der Waals surface area (Å²) in [5.41, 5.74) is 2.49. The molecule has 2 rings (SSSR count). The van der Waals surface area contributed by atoms with Gasteiger partial charge in [0.25, 0.3) is 0 Å². The Balaban J connectivity index is 2.53. The normalized spacial score (nSPS) is 9.65. The predicted molar refractivity (Wildman–Crippen MR) is 64.8 cm³/mol. The molecule has 0 radical (unpaired) electrons. The van der Waals surface area contributed by atoms with Crippen LogP contribution in [-0.2, 0) is 0 Å². The maximum atomic E-state index is 10.6. The number of aromatic nitrogens is 1. The van der Waals surface area contributed by atoms with E-state index < -0.39 is 0 Å². The first-order chi connectivity index (χ1) is 8.24. The number of rotatable bonds is 2. The van der Waals surface area contributed by atoms with Crippen LogP contribution in [0.2, 0.25) is 5.02 Å². The Hall–Kier alpha value is -2.18. The number of hydrogen-bond donors (Lipinski definition) is 0. The molecule has 1 aromatic heterocycles. The van der Waals surface area contributed by atoms with E-state index in [1.165, 1.54) is 6.20 Å². The first kappa shape index (κ1) is 11.3. The molecule has 0 aliphatic rings. The zero-order valence-corrected chi connectivity index (χ0v) is 9.48. The van der Waals surface area contributed by atoms with Crippen molar-refractivity contribution in [2.24, 2.45) is 0 Å². The highest BCUT2D eigenvalue weighted by atomic mass is 35.5. The zero-order chi connectivity index (χ0) is 12.3. The first-order valence-corrected chi connectivity index (χ1v) is 5.22. The van der Waals surface area contributed by atoms with Crippen molar-refractivity contribution in [3.63, 3.8) is 0 Å². The summed E-state index contributed by atoms with van der Waals surface area (Å²) in [5, 5.41) is 9.26. The van der Waals surface area contributed by atoms with Crippen LogP contribution in [0.4, 0.5) is 0 Å². The highest BCUT2D eigenvalue weighted by Gasteiger charge is 2.05. The van der Waals surface area contributed by atoms with Crippen LogP contribution in [0, 0.1) is 11.3 Å². The summed E-state index contributed by atoms with van der Waals surface area (Å²) in [7, 11) is 0. The van der Waals surface area contributed by atoms with Crippen LogP contribution in [0.5, 0.6) is 0 Å². The number of benzene rings is 1. The maximum Gasteiger partial charge on any atom is 0.150 e. The number of aldehydes is 1. The fourth-order valence-electron chi connectivity index (χ4n) is 1.49. The first-order valence-electron chi connectivity index (χ1n) is 4.85. The maximum absolute atomic E-state index is 10.6. The molecule has 1 aromatic carbocycles. The van der Waals surface area contributed by atoms with E-state index in [0.29, 0.717) is 16.1 Å². The van der Waals surface area contributed by atoms with Gasteiger partial charge >= 0.3 is 0 Å². The van der Waals surface area contributed by atoms with Crippen molar-refractivity contribution in [1.29, 1.82) is 5.26 Å². The summed E-state index contributed by atoms with van der Waals surface area (Å²) < 4.78 is 0. The van der Waals surface area contributed by atoms with Gasteiger partial charge in [-0.1, -0.05) is 23.7 Å². The number of carbonyl (C=O) groups is 1. The second-order valence-corrected chi connectivity index (χ2v) is 3.84. The lowest BCUT2D eigenvalue weighted by Gasteiger charge is -2.04. The molecule has 0 aliphatic carbocycles. The summed E-state index contributed by atoms with van der Waals surface area (Å²) in [5.74, 6) is 0. The third-order valence-electron chi connectivity index (χ3n) is 2.31. The summed E-state index contributed by atoms with van der Waals surface area (Å²) in [4.78, 5) is 14.6. The lowest BCUT2D eigenvalue weighted by Crippen LogP contribution is -1.86.